The van der Waals surface area contributed by atoms with E-state index in [-0.39, 0.29) is 11.7 Å². The number of ether oxygens (including phenoxy) is 2. The number of esters is 1. The van der Waals surface area contributed by atoms with Gasteiger partial charge in [0.05, 0.1) is 12.8 Å². The second-order valence-electron chi connectivity index (χ2n) is 8.42. The first-order valence-electron chi connectivity index (χ1n) is 11.8. The number of fused-ring (bicyclic) bond motifs is 1. The van der Waals surface area contributed by atoms with Gasteiger partial charge in [0.2, 0.25) is 5.95 Å². The van der Waals surface area contributed by atoms with Gasteiger partial charge in [-0.05, 0) is 60.2 Å². The zero-order valence-electron chi connectivity index (χ0n) is 20.7. The Hall–Kier alpha value is -4.99. The number of hydrogen-bond donors (Lipinski definition) is 1. The van der Waals surface area contributed by atoms with Crippen LogP contribution in [-0.4, -0.2) is 46.7 Å². The van der Waals surface area contributed by atoms with Crippen molar-refractivity contribution in [2.45, 2.75) is 6.92 Å². The Kier molecular flexibility index (Phi) is 6.86. The van der Waals surface area contributed by atoms with Crippen LogP contribution in [0.2, 0.25) is 0 Å². The molecule has 0 unspecified atom stereocenters. The van der Waals surface area contributed by atoms with Crippen molar-refractivity contribution in [3.63, 3.8) is 0 Å². The van der Waals surface area contributed by atoms with Gasteiger partial charge < -0.3 is 14.9 Å². The molecule has 0 atom stereocenters. The molecule has 38 heavy (non-hydrogen) atoms. The van der Waals surface area contributed by atoms with E-state index in [1.54, 1.807) is 58.4 Å². The van der Waals surface area contributed by atoms with Crippen molar-refractivity contribution in [3.8, 4) is 34.0 Å². The minimum Gasteiger partial charge on any atom is -0.493 e. The SMILES string of the molecule is COc1cc(C=CC(=O)N2CCNn3c2nc(-c2ccc(F)cc2)c3-c2ccncc2)ccc1OC(C)=O. The summed E-state index contributed by atoms with van der Waals surface area (Å²) in [4.78, 5) is 35.1. The molecule has 0 radical (unpaired) electrons. The highest BCUT2D eigenvalue weighted by atomic mass is 19.1. The summed E-state index contributed by atoms with van der Waals surface area (Å²) in [5, 5.41) is 0. The first-order valence-corrected chi connectivity index (χ1v) is 11.8. The number of carbonyl (C=O) groups is 2. The van der Waals surface area contributed by atoms with Crippen molar-refractivity contribution in [1.29, 1.82) is 0 Å². The molecule has 2 aromatic heterocycles. The molecule has 1 aliphatic heterocycles. The van der Waals surface area contributed by atoms with E-state index in [1.807, 2.05) is 12.1 Å². The predicted octanol–water partition coefficient (Wildman–Crippen LogP) is 4.29. The highest BCUT2D eigenvalue weighted by Gasteiger charge is 2.29. The number of halogens is 1. The fraction of sp³-hybridized carbons (Fsp3) is 0.143. The van der Waals surface area contributed by atoms with E-state index in [0.29, 0.717) is 47.4 Å². The third kappa shape index (κ3) is 4.96. The Bertz CT molecular complexity index is 1520. The normalized spacial score (nSPS) is 12.7. The van der Waals surface area contributed by atoms with E-state index in [1.165, 1.54) is 32.2 Å². The number of methoxy groups -OCH3 is 1. The van der Waals surface area contributed by atoms with E-state index in [2.05, 4.69) is 10.4 Å². The van der Waals surface area contributed by atoms with E-state index >= 15 is 0 Å². The quantitative estimate of drug-likeness (QED) is 0.233. The molecule has 1 N–H and O–H groups in total. The van der Waals surface area contributed by atoms with E-state index in [4.69, 9.17) is 14.5 Å². The minimum absolute atomic E-state index is 0.271. The number of amides is 1. The first-order chi connectivity index (χ1) is 18.4. The van der Waals surface area contributed by atoms with Crippen LogP contribution in [0.5, 0.6) is 11.5 Å². The number of imidazole rings is 1. The van der Waals surface area contributed by atoms with Gasteiger partial charge in [-0.1, -0.05) is 6.07 Å². The zero-order chi connectivity index (χ0) is 26.6. The molecule has 0 spiro atoms. The number of carbonyl (C=O) groups excluding carboxylic acids is 2. The first kappa shape index (κ1) is 24.7. The predicted molar refractivity (Wildman–Crippen MR) is 141 cm³/mol. The Morgan fingerprint density at radius 1 is 1.03 bits per heavy atom. The summed E-state index contributed by atoms with van der Waals surface area (Å²) >= 11 is 0. The maximum Gasteiger partial charge on any atom is 0.308 e. The van der Waals surface area contributed by atoms with Gasteiger partial charge in [-0.3, -0.25) is 19.5 Å². The number of nitrogens with one attached hydrogen (secondary N) is 1. The van der Waals surface area contributed by atoms with Crippen LogP contribution in [0.3, 0.4) is 0 Å². The average Bonchev–Trinajstić information content (AvgIpc) is 3.32. The summed E-state index contributed by atoms with van der Waals surface area (Å²) in [6, 6.07) is 14.8. The molecule has 192 valence electrons. The standard InChI is InChI=1S/C28H24FN5O4/c1-18(35)38-23-9-3-19(17-24(23)37-2)4-10-25(36)33-16-15-31-34-27(21-11-13-30-14-12-21)26(32-28(33)34)20-5-7-22(29)8-6-20/h3-14,17,31H,15-16H2,1-2H3. The molecular weight excluding hydrogens is 489 g/mol. The van der Waals surface area contributed by atoms with Crippen molar-refractivity contribution in [2.75, 3.05) is 30.5 Å². The van der Waals surface area contributed by atoms with Crippen molar-refractivity contribution in [1.82, 2.24) is 14.6 Å². The van der Waals surface area contributed by atoms with Crippen molar-refractivity contribution in [3.05, 3.63) is 84.4 Å². The number of nitrogens with zero attached hydrogens (tertiary/aromatic N) is 4. The largest absolute Gasteiger partial charge is 0.493 e. The van der Waals surface area contributed by atoms with Gasteiger partial charge in [-0.25, -0.2) is 14.1 Å². The lowest BCUT2D eigenvalue weighted by Crippen LogP contribution is -2.43. The molecule has 5 rings (SSSR count). The second-order valence-corrected chi connectivity index (χ2v) is 8.42. The molecule has 0 aliphatic carbocycles. The topological polar surface area (TPSA) is 98.6 Å². The summed E-state index contributed by atoms with van der Waals surface area (Å²) in [5.74, 6) is 0.0125. The minimum atomic E-state index is -0.456. The molecule has 2 aromatic carbocycles. The molecule has 4 aromatic rings. The second kappa shape index (κ2) is 10.6. The molecule has 9 nitrogen and oxygen atoms in total. The van der Waals surface area contributed by atoms with Crippen LogP contribution in [0.1, 0.15) is 12.5 Å². The lowest BCUT2D eigenvalue weighted by Gasteiger charge is -2.28. The van der Waals surface area contributed by atoms with Crippen LogP contribution in [0.25, 0.3) is 28.6 Å². The maximum absolute atomic E-state index is 13.6. The maximum atomic E-state index is 13.6. The molecule has 10 heteroatoms. The summed E-state index contributed by atoms with van der Waals surface area (Å²) in [7, 11) is 1.47. The molecular formula is C28H24FN5O4. The number of anilines is 1. The Morgan fingerprint density at radius 2 is 1.79 bits per heavy atom. The number of rotatable bonds is 6. The van der Waals surface area contributed by atoms with Crippen LogP contribution in [0.4, 0.5) is 10.3 Å². The summed E-state index contributed by atoms with van der Waals surface area (Å²) in [5.41, 5.74) is 6.90. The number of hydrogen-bond acceptors (Lipinski definition) is 7. The van der Waals surface area contributed by atoms with E-state index in [9.17, 15) is 14.0 Å². The van der Waals surface area contributed by atoms with Crippen LogP contribution in [-0.2, 0) is 9.59 Å². The van der Waals surface area contributed by atoms with Gasteiger partial charge in [-0.2, -0.15) is 0 Å². The van der Waals surface area contributed by atoms with Gasteiger partial charge >= 0.3 is 5.97 Å². The summed E-state index contributed by atoms with van der Waals surface area (Å²) in [6.07, 6.45) is 6.47. The zero-order valence-corrected chi connectivity index (χ0v) is 20.7. The fourth-order valence-corrected chi connectivity index (χ4v) is 4.19. The Morgan fingerprint density at radius 3 is 2.50 bits per heavy atom. The lowest BCUT2D eigenvalue weighted by molar-refractivity contribution is -0.132. The van der Waals surface area contributed by atoms with Gasteiger partial charge in [-0.15, -0.1) is 0 Å². The molecule has 0 saturated heterocycles. The summed E-state index contributed by atoms with van der Waals surface area (Å²) in [6.45, 7) is 2.20. The van der Waals surface area contributed by atoms with E-state index in [0.717, 1.165) is 11.3 Å². The Labute approximate surface area is 218 Å². The summed E-state index contributed by atoms with van der Waals surface area (Å²) < 4.78 is 25.9. The monoisotopic (exact) mass is 513 g/mol. The van der Waals surface area contributed by atoms with Crippen LogP contribution in [0, 0.1) is 5.82 Å². The third-order valence-corrected chi connectivity index (χ3v) is 5.90. The molecule has 0 fully saturated rings. The lowest BCUT2D eigenvalue weighted by atomic mass is 10.1. The van der Waals surface area contributed by atoms with Gasteiger partial charge in [0.15, 0.2) is 11.5 Å². The van der Waals surface area contributed by atoms with Crippen LogP contribution >= 0.6 is 0 Å². The smallest absolute Gasteiger partial charge is 0.308 e. The molecule has 0 saturated carbocycles. The van der Waals surface area contributed by atoms with Crippen LogP contribution in [0.15, 0.2) is 73.1 Å². The molecule has 0 bridgehead atoms. The van der Waals surface area contributed by atoms with E-state index < -0.39 is 5.97 Å². The number of benzene rings is 2. The van der Waals surface area contributed by atoms with Gasteiger partial charge in [0.25, 0.3) is 5.91 Å². The highest BCUT2D eigenvalue weighted by Crippen LogP contribution is 2.36. The van der Waals surface area contributed by atoms with Crippen molar-refractivity contribution >= 4 is 23.9 Å². The third-order valence-electron chi connectivity index (χ3n) is 5.90. The Balaban J connectivity index is 1.49. The fourth-order valence-electron chi connectivity index (χ4n) is 4.19. The molecule has 1 amide bonds. The van der Waals surface area contributed by atoms with Gasteiger partial charge in [0.1, 0.15) is 11.5 Å². The van der Waals surface area contributed by atoms with Crippen LogP contribution < -0.4 is 19.8 Å². The van der Waals surface area contributed by atoms with Gasteiger partial charge in [0, 0.05) is 49.6 Å². The van der Waals surface area contributed by atoms with Crippen molar-refractivity contribution in [2.24, 2.45) is 0 Å². The average molecular weight is 514 g/mol. The molecule has 3 heterocycles. The number of pyridine rings is 1. The molecule has 1 aliphatic rings. The highest BCUT2D eigenvalue weighted by molar-refractivity contribution is 6.04. The number of aromatic nitrogens is 3. The van der Waals surface area contributed by atoms with Crippen molar-refractivity contribution < 1.29 is 23.5 Å².